The monoisotopic (exact) mass is 596 g/mol. The number of ether oxygens (including phenoxy) is 1. The largest absolute Gasteiger partial charge is 0.455 e. The lowest BCUT2D eigenvalue weighted by Gasteiger charge is -2.25. The third-order valence-electron chi connectivity index (χ3n) is 7.45. The highest BCUT2D eigenvalue weighted by atomic mass is 16.5. The van der Waals surface area contributed by atoms with Crippen LogP contribution in [0, 0.1) is 11.8 Å². The Morgan fingerprint density at radius 2 is 1.45 bits per heavy atom. The molecule has 2 N–H and O–H groups in total. The van der Waals surface area contributed by atoms with Gasteiger partial charge in [-0.05, 0) is 42.4 Å². The first-order chi connectivity index (χ1) is 21.4. The summed E-state index contributed by atoms with van der Waals surface area (Å²) in [5.41, 5.74) is 2.74. The SMILES string of the molecule is C=CCC[C@H](Cc1ccccc1)C(=O)O[C@H](CNC(=O)[C@H](CC=C)CC(=O)N(CCO)Cc1ccccc1)c1ccccc1. The molecule has 0 saturated heterocycles. The second-order valence-electron chi connectivity index (χ2n) is 10.8. The summed E-state index contributed by atoms with van der Waals surface area (Å²) >= 11 is 0. The summed E-state index contributed by atoms with van der Waals surface area (Å²) in [5.74, 6) is -1.93. The summed E-state index contributed by atoms with van der Waals surface area (Å²) in [5, 5.41) is 12.5. The minimum atomic E-state index is -0.710. The second-order valence-corrected chi connectivity index (χ2v) is 10.8. The first-order valence-corrected chi connectivity index (χ1v) is 15.2. The van der Waals surface area contributed by atoms with Crippen molar-refractivity contribution < 1.29 is 24.2 Å². The Bertz CT molecular complexity index is 1310. The molecule has 0 spiro atoms. The number of allylic oxidation sites excluding steroid dienone is 2. The molecule has 232 valence electrons. The van der Waals surface area contributed by atoms with Crippen LogP contribution in [0.3, 0.4) is 0 Å². The lowest BCUT2D eigenvalue weighted by atomic mass is 9.94. The van der Waals surface area contributed by atoms with Crippen LogP contribution in [0.5, 0.6) is 0 Å². The molecule has 2 amide bonds. The zero-order chi connectivity index (χ0) is 31.6. The molecule has 0 aliphatic carbocycles. The summed E-state index contributed by atoms with van der Waals surface area (Å²) in [4.78, 5) is 41.7. The highest BCUT2D eigenvalue weighted by Gasteiger charge is 2.28. The van der Waals surface area contributed by atoms with E-state index in [0.29, 0.717) is 32.2 Å². The molecule has 44 heavy (non-hydrogen) atoms. The number of amides is 2. The van der Waals surface area contributed by atoms with E-state index in [1.807, 2.05) is 91.0 Å². The van der Waals surface area contributed by atoms with Crippen molar-refractivity contribution >= 4 is 17.8 Å². The van der Waals surface area contributed by atoms with Gasteiger partial charge in [0.1, 0.15) is 6.10 Å². The van der Waals surface area contributed by atoms with Crippen molar-refractivity contribution in [2.75, 3.05) is 19.7 Å². The van der Waals surface area contributed by atoms with Crippen molar-refractivity contribution in [3.63, 3.8) is 0 Å². The number of aliphatic hydroxyl groups excluding tert-OH is 1. The molecule has 0 saturated carbocycles. The molecular weight excluding hydrogens is 552 g/mol. The standard InChI is InChI=1S/C37H44N2O5/c1-3-5-20-33(25-29-16-9-6-10-17-29)37(43)44-34(31-21-13-8-14-22-31)27-38-36(42)32(15-4-2)26-35(41)39(23-24-40)28-30-18-11-7-12-19-30/h3-4,6-14,16-19,21-22,32-34,40H,1-2,5,15,20,23-28H2,(H,38,42)/t32-,33-,34-/m1/s1. The molecule has 3 atom stereocenters. The van der Waals surface area contributed by atoms with Crippen LogP contribution in [-0.2, 0) is 32.1 Å². The highest BCUT2D eigenvalue weighted by Crippen LogP contribution is 2.23. The van der Waals surface area contributed by atoms with Gasteiger partial charge in [-0.25, -0.2) is 0 Å². The fraction of sp³-hybridized carbons (Fsp3) is 0.324. The molecule has 3 aromatic rings. The smallest absolute Gasteiger partial charge is 0.309 e. The summed E-state index contributed by atoms with van der Waals surface area (Å²) in [6, 6.07) is 28.7. The van der Waals surface area contributed by atoms with Crippen LogP contribution in [0.1, 0.15) is 48.5 Å². The van der Waals surface area contributed by atoms with Crippen molar-refractivity contribution in [2.24, 2.45) is 11.8 Å². The van der Waals surface area contributed by atoms with Crippen LogP contribution in [0.4, 0.5) is 0 Å². The van der Waals surface area contributed by atoms with E-state index in [-0.39, 0.29) is 49.8 Å². The van der Waals surface area contributed by atoms with E-state index in [4.69, 9.17) is 4.74 Å². The highest BCUT2D eigenvalue weighted by molar-refractivity contribution is 5.86. The van der Waals surface area contributed by atoms with Crippen molar-refractivity contribution in [1.29, 1.82) is 0 Å². The Balaban J connectivity index is 1.70. The van der Waals surface area contributed by atoms with Gasteiger partial charge in [0.2, 0.25) is 11.8 Å². The molecular formula is C37H44N2O5. The third kappa shape index (κ3) is 11.3. The number of hydrogen-bond acceptors (Lipinski definition) is 5. The number of hydrogen-bond donors (Lipinski definition) is 2. The molecule has 0 aliphatic heterocycles. The van der Waals surface area contributed by atoms with Gasteiger partial charge in [0.05, 0.1) is 25.0 Å². The maximum absolute atomic E-state index is 13.5. The normalized spacial score (nSPS) is 12.8. The Kier molecular flexibility index (Phi) is 14.6. The van der Waals surface area contributed by atoms with Crippen molar-refractivity contribution in [2.45, 2.75) is 44.8 Å². The van der Waals surface area contributed by atoms with E-state index in [1.54, 1.807) is 17.1 Å². The van der Waals surface area contributed by atoms with E-state index in [2.05, 4.69) is 18.5 Å². The molecule has 7 heteroatoms. The number of esters is 1. The first-order valence-electron chi connectivity index (χ1n) is 15.2. The number of nitrogens with zero attached hydrogens (tertiary/aromatic N) is 1. The van der Waals surface area contributed by atoms with Gasteiger partial charge in [0.15, 0.2) is 0 Å². The maximum atomic E-state index is 13.5. The zero-order valence-electron chi connectivity index (χ0n) is 25.4. The van der Waals surface area contributed by atoms with Crippen LogP contribution in [0.25, 0.3) is 0 Å². The molecule has 0 aromatic heterocycles. The summed E-state index contributed by atoms with van der Waals surface area (Å²) in [6.07, 6.45) is 4.77. The number of aliphatic hydroxyl groups is 1. The molecule has 0 heterocycles. The van der Waals surface area contributed by atoms with Crippen LogP contribution in [0.15, 0.2) is 116 Å². The van der Waals surface area contributed by atoms with Crippen LogP contribution >= 0.6 is 0 Å². The van der Waals surface area contributed by atoms with Gasteiger partial charge in [0, 0.05) is 19.5 Å². The predicted molar refractivity (Wildman–Crippen MR) is 173 cm³/mol. The molecule has 7 nitrogen and oxygen atoms in total. The van der Waals surface area contributed by atoms with Crippen molar-refractivity contribution in [3.8, 4) is 0 Å². The quantitative estimate of drug-likeness (QED) is 0.134. The van der Waals surface area contributed by atoms with Gasteiger partial charge < -0.3 is 20.1 Å². The van der Waals surface area contributed by atoms with Crippen LogP contribution < -0.4 is 5.32 Å². The second kappa shape index (κ2) is 18.9. The Morgan fingerprint density at radius 1 is 0.841 bits per heavy atom. The molecule has 0 bridgehead atoms. The number of rotatable bonds is 19. The molecule has 0 radical (unpaired) electrons. The number of nitrogens with one attached hydrogen (secondary N) is 1. The molecule has 0 aliphatic rings. The molecule has 3 rings (SSSR count). The fourth-order valence-electron chi connectivity index (χ4n) is 5.03. The molecule has 0 unspecified atom stereocenters. The summed E-state index contributed by atoms with van der Waals surface area (Å²) in [7, 11) is 0. The Labute approximate surface area is 261 Å². The van der Waals surface area contributed by atoms with Gasteiger partial charge in [-0.2, -0.15) is 0 Å². The average molecular weight is 597 g/mol. The minimum Gasteiger partial charge on any atom is -0.455 e. The van der Waals surface area contributed by atoms with E-state index >= 15 is 0 Å². The van der Waals surface area contributed by atoms with Crippen molar-refractivity contribution in [3.05, 3.63) is 133 Å². The average Bonchev–Trinajstić information content (AvgIpc) is 3.05. The zero-order valence-corrected chi connectivity index (χ0v) is 25.4. The Hall–Kier alpha value is -4.49. The topological polar surface area (TPSA) is 95.9 Å². The van der Waals surface area contributed by atoms with Gasteiger partial charge >= 0.3 is 5.97 Å². The summed E-state index contributed by atoms with van der Waals surface area (Å²) in [6.45, 7) is 7.96. The Morgan fingerprint density at radius 3 is 2.05 bits per heavy atom. The van der Waals surface area contributed by atoms with Gasteiger partial charge in [0.25, 0.3) is 0 Å². The number of carbonyl (C=O) groups excluding carboxylic acids is 3. The summed E-state index contributed by atoms with van der Waals surface area (Å²) < 4.78 is 6.06. The van der Waals surface area contributed by atoms with Gasteiger partial charge in [-0.3, -0.25) is 14.4 Å². The van der Waals surface area contributed by atoms with Gasteiger partial charge in [-0.15, -0.1) is 13.2 Å². The lowest BCUT2D eigenvalue weighted by Crippen LogP contribution is -2.39. The molecule has 0 fully saturated rings. The third-order valence-corrected chi connectivity index (χ3v) is 7.45. The minimum absolute atomic E-state index is 0.0405. The lowest BCUT2D eigenvalue weighted by molar-refractivity contribution is -0.155. The van der Waals surface area contributed by atoms with Crippen molar-refractivity contribution in [1.82, 2.24) is 10.2 Å². The van der Waals surface area contributed by atoms with E-state index in [1.165, 1.54) is 0 Å². The van der Waals surface area contributed by atoms with E-state index in [9.17, 15) is 19.5 Å². The number of benzene rings is 3. The van der Waals surface area contributed by atoms with Gasteiger partial charge in [-0.1, -0.05) is 103 Å². The van der Waals surface area contributed by atoms with E-state index in [0.717, 1.165) is 16.7 Å². The van der Waals surface area contributed by atoms with Crippen LogP contribution in [0.2, 0.25) is 0 Å². The van der Waals surface area contributed by atoms with E-state index < -0.39 is 12.0 Å². The molecule has 3 aromatic carbocycles. The fourth-order valence-corrected chi connectivity index (χ4v) is 5.03. The first kappa shape index (κ1) is 34.0. The maximum Gasteiger partial charge on any atom is 0.309 e. The predicted octanol–water partition coefficient (Wildman–Crippen LogP) is 5.82. The van der Waals surface area contributed by atoms with Crippen LogP contribution in [-0.4, -0.2) is 47.5 Å². The number of carbonyl (C=O) groups is 3.